The summed E-state index contributed by atoms with van der Waals surface area (Å²) in [6.07, 6.45) is 1.53. The van der Waals surface area contributed by atoms with E-state index in [0.717, 1.165) is 0 Å². The van der Waals surface area contributed by atoms with Gasteiger partial charge in [-0.1, -0.05) is 0 Å². The second-order valence-electron chi connectivity index (χ2n) is 3.56. The zero-order chi connectivity index (χ0) is 11.4. The number of carbonyl (C=O) groups excluding carboxylic acids is 1. The minimum atomic E-state index is 0.0387. The van der Waals surface area contributed by atoms with Gasteiger partial charge in [0.05, 0.1) is 19.8 Å². The van der Waals surface area contributed by atoms with Crippen molar-refractivity contribution < 1.29 is 9.53 Å². The number of aromatic nitrogens is 3. The fourth-order valence-electron chi connectivity index (χ4n) is 1.55. The average Bonchev–Trinajstić information content (AvgIpc) is 2.78. The highest BCUT2D eigenvalue weighted by molar-refractivity contribution is 5.75. The summed E-state index contributed by atoms with van der Waals surface area (Å²) in [5.74, 6) is 0.589. The fourth-order valence-corrected chi connectivity index (χ4v) is 1.55. The van der Waals surface area contributed by atoms with Gasteiger partial charge in [-0.2, -0.15) is 5.10 Å². The van der Waals surface area contributed by atoms with Gasteiger partial charge in [-0.25, -0.2) is 9.67 Å². The van der Waals surface area contributed by atoms with Crippen molar-refractivity contribution in [3.8, 4) is 0 Å². The van der Waals surface area contributed by atoms with E-state index in [1.165, 1.54) is 11.0 Å². The second-order valence-corrected chi connectivity index (χ2v) is 3.56. The Kier molecular flexibility index (Phi) is 3.47. The zero-order valence-electron chi connectivity index (χ0n) is 9.00. The highest BCUT2D eigenvalue weighted by atomic mass is 16.5. The molecule has 1 aromatic rings. The van der Waals surface area contributed by atoms with Crippen LogP contribution in [0, 0.1) is 0 Å². The number of rotatable bonds is 3. The maximum Gasteiger partial charge on any atom is 0.244 e. The van der Waals surface area contributed by atoms with Crippen LogP contribution in [-0.2, 0) is 22.6 Å². The molecule has 2 N–H and O–H groups in total. The van der Waals surface area contributed by atoms with Crippen molar-refractivity contribution in [2.75, 3.05) is 26.3 Å². The maximum absolute atomic E-state index is 11.8. The minimum Gasteiger partial charge on any atom is -0.378 e. The second kappa shape index (κ2) is 5.04. The number of nitrogens with two attached hydrogens (primary N) is 1. The Morgan fingerprint density at radius 1 is 1.50 bits per heavy atom. The largest absolute Gasteiger partial charge is 0.378 e. The average molecular weight is 225 g/mol. The molecule has 0 aromatic carbocycles. The SMILES string of the molecule is NCc1ncn(CC(=O)N2CCOCC2)n1. The van der Waals surface area contributed by atoms with Gasteiger partial charge in [0.15, 0.2) is 5.82 Å². The number of nitrogens with zero attached hydrogens (tertiary/aromatic N) is 4. The van der Waals surface area contributed by atoms with E-state index in [-0.39, 0.29) is 12.5 Å². The van der Waals surface area contributed by atoms with Crippen molar-refractivity contribution in [1.82, 2.24) is 19.7 Å². The first-order chi connectivity index (χ1) is 7.79. The van der Waals surface area contributed by atoms with Crippen molar-refractivity contribution in [1.29, 1.82) is 0 Å². The first-order valence-electron chi connectivity index (χ1n) is 5.23. The Morgan fingerprint density at radius 2 is 2.25 bits per heavy atom. The van der Waals surface area contributed by atoms with Crippen LogP contribution < -0.4 is 5.73 Å². The summed E-state index contributed by atoms with van der Waals surface area (Å²) in [5.41, 5.74) is 5.39. The number of hydrogen-bond acceptors (Lipinski definition) is 5. The zero-order valence-corrected chi connectivity index (χ0v) is 9.00. The van der Waals surface area contributed by atoms with E-state index in [0.29, 0.717) is 38.7 Å². The van der Waals surface area contributed by atoms with Gasteiger partial charge in [-0.3, -0.25) is 4.79 Å². The highest BCUT2D eigenvalue weighted by Crippen LogP contribution is 1.99. The Bertz CT molecular complexity index is 359. The number of ether oxygens (including phenoxy) is 1. The summed E-state index contributed by atoms with van der Waals surface area (Å²) < 4.78 is 6.69. The van der Waals surface area contributed by atoms with Crippen LogP contribution in [0.5, 0.6) is 0 Å². The molecule has 0 aliphatic carbocycles. The molecule has 16 heavy (non-hydrogen) atoms. The van der Waals surface area contributed by atoms with E-state index < -0.39 is 0 Å². The molecule has 1 saturated heterocycles. The van der Waals surface area contributed by atoms with Crippen LogP contribution in [0.3, 0.4) is 0 Å². The number of morpholine rings is 1. The van der Waals surface area contributed by atoms with Crippen molar-refractivity contribution in [3.05, 3.63) is 12.2 Å². The lowest BCUT2D eigenvalue weighted by Crippen LogP contribution is -2.42. The van der Waals surface area contributed by atoms with Gasteiger partial charge < -0.3 is 15.4 Å². The summed E-state index contributed by atoms with van der Waals surface area (Å²) in [6, 6.07) is 0. The minimum absolute atomic E-state index is 0.0387. The monoisotopic (exact) mass is 225 g/mol. The predicted molar refractivity (Wildman–Crippen MR) is 55.3 cm³/mol. The Hall–Kier alpha value is -1.47. The van der Waals surface area contributed by atoms with Crippen LogP contribution >= 0.6 is 0 Å². The van der Waals surface area contributed by atoms with Crippen LogP contribution in [0.15, 0.2) is 6.33 Å². The molecule has 1 aromatic heterocycles. The van der Waals surface area contributed by atoms with Gasteiger partial charge in [0.1, 0.15) is 12.9 Å². The highest BCUT2D eigenvalue weighted by Gasteiger charge is 2.17. The third-order valence-corrected chi connectivity index (χ3v) is 2.43. The summed E-state index contributed by atoms with van der Waals surface area (Å²) in [4.78, 5) is 17.6. The topological polar surface area (TPSA) is 86.3 Å². The molecule has 2 rings (SSSR count). The Labute approximate surface area is 93.2 Å². The van der Waals surface area contributed by atoms with Crippen LogP contribution in [-0.4, -0.2) is 51.9 Å². The smallest absolute Gasteiger partial charge is 0.244 e. The van der Waals surface area contributed by atoms with Gasteiger partial charge in [-0.15, -0.1) is 0 Å². The molecule has 0 atom stereocenters. The summed E-state index contributed by atoms with van der Waals surface area (Å²) in [7, 11) is 0. The Balaban J connectivity index is 1.90. The molecular weight excluding hydrogens is 210 g/mol. The molecular formula is C9H15N5O2. The van der Waals surface area contributed by atoms with Crippen molar-refractivity contribution >= 4 is 5.91 Å². The van der Waals surface area contributed by atoms with Gasteiger partial charge >= 0.3 is 0 Å². The lowest BCUT2D eigenvalue weighted by atomic mass is 10.4. The molecule has 1 aliphatic heterocycles. The van der Waals surface area contributed by atoms with Gasteiger partial charge in [0, 0.05) is 13.1 Å². The van der Waals surface area contributed by atoms with E-state index in [1.54, 1.807) is 4.90 Å². The van der Waals surface area contributed by atoms with Crippen LogP contribution in [0.25, 0.3) is 0 Å². The van der Waals surface area contributed by atoms with Crippen molar-refractivity contribution in [2.24, 2.45) is 5.73 Å². The molecule has 0 bridgehead atoms. The first-order valence-corrected chi connectivity index (χ1v) is 5.23. The number of amides is 1. The molecule has 0 unspecified atom stereocenters. The molecule has 88 valence electrons. The van der Waals surface area contributed by atoms with Crippen molar-refractivity contribution in [3.63, 3.8) is 0 Å². The molecule has 7 nitrogen and oxygen atoms in total. The summed E-state index contributed by atoms with van der Waals surface area (Å²) in [5, 5.41) is 4.07. The lowest BCUT2D eigenvalue weighted by molar-refractivity contribution is -0.136. The van der Waals surface area contributed by atoms with Gasteiger partial charge in [-0.05, 0) is 0 Å². The van der Waals surface area contributed by atoms with E-state index in [4.69, 9.17) is 10.5 Å². The van der Waals surface area contributed by atoms with Gasteiger partial charge in [0.2, 0.25) is 5.91 Å². The summed E-state index contributed by atoms with van der Waals surface area (Å²) in [6.45, 7) is 3.02. The van der Waals surface area contributed by atoms with E-state index in [2.05, 4.69) is 10.1 Å². The number of hydrogen-bond donors (Lipinski definition) is 1. The van der Waals surface area contributed by atoms with E-state index in [1.807, 2.05) is 0 Å². The van der Waals surface area contributed by atoms with E-state index in [9.17, 15) is 4.79 Å². The molecule has 7 heteroatoms. The first kappa shape index (κ1) is 11.0. The molecule has 1 aliphatic rings. The number of carbonyl (C=O) groups is 1. The third-order valence-electron chi connectivity index (χ3n) is 2.43. The standard InChI is InChI=1S/C9H15N5O2/c10-5-8-11-7-14(12-8)6-9(15)13-1-3-16-4-2-13/h7H,1-6,10H2. The van der Waals surface area contributed by atoms with Gasteiger partial charge in [0.25, 0.3) is 0 Å². The molecule has 0 spiro atoms. The Morgan fingerprint density at radius 3 is 2.88 bits per heavy atom. The molecule has 2 heterocycles. The summed E-state index contributed by atoms with van der Waals surface area (Å²) >= 11 is 0. The molecule has 0 radical (unpaired) electrons. The lowest BCUT2D eigenvalue weighted by Gasteiger charge is -2.26. The molecule has 1 fully saturated rings. The van der Waals surface area contributed by atoms with Crippen molar-refractivity contribution in [2.45, 2.75) is 13.1 Å². The molecule has 1 amide bonds. The molecule has 0 saturated carbocycles. The maximum atomic E-state index is 11.8. The predicted octanol–water partition coefficient (Wildman–Crippen LogP) is -1.40. The quantitative estimate of drug-likeness (QED) is 0.683. The van der Waals surface area contributed by atoms with E-state index >= 15 is 0 Å². The normalized spacial score (nSPS) is 16.4. The van der Waals surface area contributed by atoms with Crippen LogP contribution in [0.4, 0.5) is 0 Å². The van der Waals surface area contributed by atoms with Crippen LogP contribution in [0.2, 0.25) is 0 Å². The fraction of sp³-hybridized carbons (Fsp3) is 0.667. The van der Waals surface area contributed by atoms with Crippen LogP contribution in [0.1, 0.15) is 5.82 Å². The third kappa shape index (κ3) is 2.56.